The number of carbonyl (C=O) groups is 1. The zero-order valence-electron chi connectivity index (χ0n) is 10.9. The lowest BCUT2D eigenvalue weighted by Gasteiger charge is -2.19. The number of amides is 1. The first-order valence-electron chi connectivity index (χ1n) is 6.51. The Bertz CT molecular complexity index is 224. The first-order valence-corrected chi connectivity index (χ1v) is 6.51. The molecule has 1 aliphatic heterocycles. The van der Waals surface area contributed by atoms with Crippen molar-refractivity contribution in [1.82, 2.24) is 9.80 Å². The van der Waals surface area contributed by atoms with Crippen LogP contribution >= 0.6 is 0 Å². The average Bonchev–Trinajstić information content (AvgIpc) is 2.48. The molecular weight excluding hydrogens is 218 g/mol. The highest BCUT2D eigenvalue weighted by Crippen LogP contribution is 2.04. The van der Waals surface area contributed by atoms with Crippen molar-refractivity contribution in [2.24, 2.45) is 5.73 Å². The van der Waals surface area contributed by atoms with E-state index in [0.29, 0.717) is 6.61 Å². The monoisotopic (exact) mass is 243 g/mol. The lowest BCUT2D eigenvalue weighted by molar-refractivity contribution is 0.153. The molecule has 1 saturated heterocycles. The average molecular weight is 243 g/mol. The third kappa shape index (κ3) is 7.18. The Morgan fingerprint density at radius 2 is 2.00 bits per heavy atom. The highest BCUT2D eigenvalue weighted by Gasteiger charge is 2.10. The summed E-state index contributed by atoms with van der Waals surface area (Å²) in [4.78, 5) is 15.3. The molecule has 0 bridgehead atoms. The fraction of sp³-hybridized carbons (Fsp3) is 0.917. The number of primary amides is 1. The molecule has 0 aromatic heterocycles. The summed E-state index contributed by atoms with van der Waals surface area (Å²) in [6.45, 7) is 6.38. The van der Waals surface area contributed by atoms with Crippen molar-refractivity contribution in [3.8, 4) is 0 Å². The summed E-state index contributed by atoms with van der Waals surface area (Å²) < 4.78 is 4.69. The highest BCUT2D eigenvalue weighted by molar-refractivity contribution is 5.64. The van der Waals surface area contributed by atoms with Gasteiger partial charge in [0.2, 0.25) is 0 Å². The molecule has 1 fully saturated rings. The molecule has 5 heteroatoms. The van der Waals surface area contributed by atoms with Crippen molar-refractivity contribution in [3.63, 3.8) is 0 Å². The molecule has 0 atom stereocenters. The lowest BCUT2D eigenvalue weighted by atomic mass is 10.2. The summed E-state index contributed by atoms with van der Waals surface area (Å²) in [5.74, 6) is 0. The number of nitrogens with two attached hydrogens (primary N) is 1. The van der Waals surface area contributed by atoms with Gasteiger partial charge in [-0.3, -0.25) is 0 Å². The van der Waals surface area contributed by atoms with Crippen LogP contribution in [0.2, 0.25) is 0 Å². The van der Waals surface area contributed by atoms with E-state index >= 15 is 0 Å². The predicted octanol–water partition coefficient (Wildman–Crippen LogP) is 0.889. The van der Waals surface area contributed by atoms with E-state index in [0.717, 1.165) is 19.4 Å². The van der Waals surface area contributed by atoms with Gasteiger partial charge in [-0.15, -0.1) is 0 Å². The molecule has 1 rings (SSSR count). The Morgan fingerprint density at radius 3 is 2.76 bits per heavy atom. The minimum absolute atomic E-state index is 0.456. The maximum atomic E-state index is 10.3. The predicted molar refractivity (Wildman–Crippen MR) is 67.9 cm³/mol. The van der Waals surface area contributed by atoms with Gasteiger partial charge in [0.05, 0.1) is 6.61 Å². The van der Waals surface area contributed by atoms with Crippen LogP contribution in [-0.4, -0.2) is 62.3 Å². The van der Waals surface area contributed by atoms with E-state index in [1.54, 1.807) is 0 Å². The van der Waals surface area contributed by atoms with E-state index < -0.39 is 6.09 Å². The van der Waals surface area contributed by atoms with Gasteiger partial charge in [0.15, 0.2) is 0 Å². The van der Waals surface area contributed by atoms with Crippen molar-refractivity contribution in [1.29, 1.82) is 0 Å². The molecule has 0 spiro atoms. The van der Waals surface area contributed by atoms with E-state index in [9.17, 15) is 4.79 Å². The zero-order chi connectivity index (χ0) is 12.5. The summed E-state index contributed by atoms with van der Waals surface area (Å²) in [5.41, 5.74) is 4.88. The van der Waals surface area contributed by atoms with Crippen molar-refractivity contribution in [2.45, 2.75) is 25.7 Å². The zero-order valence-corrected chi connectivity index (χ0v) is 10.9. The van der Waals surface area contributed by atoms with Crippen LogP contribution in [0.1, 0.15) is 25.7 Å². The smallest absolute Gasteiger partial charge is 0.404 e. The number of rotatable bonds is 6. The summed E-state index contributed by atoms with van der Waals surface area (Å²) in [7, 11) is 2.19. The second kappa shape index (κ2) is 8.31. The van der Waals surface area contributed by atoms with E-state index in [2.05, 4.69) is 21.6 Å². The number of hydrogen-bond acceptors (Lipinski definition) is 4. The summed E-state index contributed by atoms with van der Waals surface area (Å²) >= 11 is 0. The van der Waals surface area contributed by atoms with E-state index in [1.165, 1.54) is 39.0 Å². The highest BCUT2D eigenvalue weighted by atomic mass is 16.5. The molecule has 1 heterocycles. The van der Waals surface area contributed by atoms with Gasteiger partial charge in [-0.05, 0) is 52.4 Å². The number of likely N-dealkylation sites (N-methyl/N-ethyl adjacent to an activating group) is 1. The van der Waals surface area contributed by atoms with Crippen LogP contribution in [0.4, 0.5) is 4.79 Å². The molecule has 17 heavy (non-hydrogen) atoms. The Hall–Kier alpha value is -0.810. The van der Waals surface area contributed by atoms with Crippen LogP contribution in [-0.2, 0) is 4.74 Å². The van der Waals surface area contributed by atoms with E-state index in [1.807, 2.05) is 0 Å². The maximum absolute atomic E-state index is 10.3. The largest absolute Gasteiger partial charge is 0.450 e. The first kappa shape index (κ1) is 14.3. The van der Waals surface area contributed by atoms with Gasteiger partial charge in [0.25, 0.3) is 0 Å². The molecular formula is C12H25N3O2. The van der Waals surface area contributed by atoms with Crippen molar-refractivity contribution in [2.75, 3.05) is 46.4 Å². The number of hydrogen-bond donors (Lipinski definition) is 1. The Kier molecular flexibility index (Phi) is 6.96. The molecule has 100 valence electrons. The van der Waals surface area contributed by atoms with Crippen molar-refractivity contribution in [3.05, 3.63) is 0 Å². The van der Waals surface area contributed by atoms with Crippen LogP contribution in [0.3, 0.4) is 0 Å². The Morgan fingerprint density at radius 1 is 1.18 bits per heavy atom. The van der Waals surface area contributed by atoms with Gasteiger partial charge < -0.3 is 20.3 Å². The second-order valence-corrected chi connectivity index (χ2v) is 4.73. The standard InChI is InChI=1S/C12H25N3O2/c1-14-6-5-8-15(10-9-14)7-3-2-4-11-17-12(13)16/h2-11H2,1H3,(H2,13,16). The number of carbonyl (C=O) groups excluding carboxylic acids is 1. The van der Waals surface area contributed by atoms with Crippen LogP contribution in [0.25, 0.3) is 0 Å². The molecule has 0 radical (unpaired) electrons. The molecule has 1 aliphatic rings. The van der Waals surface area contributed by atoms with Crippen LogP contribution in [0.15, 0.2) is 0 Å². The fourth-order valence-corrected chi connectivity index (χ4v) is 2.11. The van der Waals surface area contributed by atoms with Crippen molar-refractivity contribution < 1.29 is 9.53 Å². The van der Waals surface area contributed by atoms with Gasteiger partial charge >= 0.3 is 6.09 Å². The quantitative estimate of drug-likeness (QED) is 0.704. The van der Waals surface area contributed by atoms with Gasteiger partial charge in [0, 0.05) is 13.1 Å². The third-order valence-corrected chi connectivity index (χ3v) is 3.18. The number of nitrogens with zero attached hydrogens (tertiary/aromatic N) is 2. The van der Waals surface area contributed by atoms with Gasteiger partial charge in [-0.25, -0.2) is 4.79 Å². The minimum Gasteiger partial charge on any atom is -0.450 e. The fourth-order valence-electron chi connectivity index (χ4n) is 2.11. The molecule has 1 amide bonds. The van der Waals surface area contributed by atoms with Crippen LogP contribution in [0.5, 0.6) is 0 Å². The first-order chi connectivity index (χ1) is 8.18. The molecule has 0 unspecified atom stereocenters. The topological polar surface area (TPSA) is 58.8 Å². The SMILES string of the molecule is CN1CCCN(CCCCCOC(N)=O)CC1. The molecule has 5 nitrogen and oxygen atoms in total. The minimum atomic E-state index is -0.666. The van der Waals surface area contributed by atoms with Crippen LogP contribution in [0, 0.1) is 0 Å². The van der Waals surface area contributed by atoms with Crippen LogP contribution < -0.4 is 5.73 Å². The Balaban J connectivity index is 1.96. The maximum Gasteiger partial charge on any atom is 0.404 e. The summed E-state index contributed by atoms with van der Waals surface area (Å²) in [5, 5.41) is 0. The Labute approximate surface area is 104 Å². The third-order valence-electron chi connectivity index (χ3n) is 3.18. The summed E-state index contributed by atoms with van der Waals surface area (Å²) in [6.07, 6.45) is 3.78. The van der Waals surface area contributed by atoms with Gasteiger partial charge in [-0.1, -0.05) is 0 Å². The molecule has 0 aromatic rings. The second-order valence-electron chi connectivity index (χ2n) is 4.73. The molecule has 0 aromatic carbocycles. The number of unbranched alkanes of at least 4 members (excludes halogenated alkanes) is 2. The van der Waals surface area contributed by atoms with Gasteiger partial charge in [-0.2, -0.15) is 0 Å². The normalized spacial score (nSPS) is 18.9. The van der Waals surface area contributed by atoms with E-state index in [4.69, 9.17) is 5.73 Å². The summed E-state index contributed by atoms with van der Waals surface area (Å²) in [6, 6.07) is 0. The molecule has 0 aliphatic carbocycles. The molecule has 0 saturated carbocycles. The van der Waals surface area contributed by atoms with E-state index in [-0.39, 0.29) is 0 Å². The van der Waals surface area contributed by atoms with Crippen molar-refractivity contribution >= 4 is 6.09 Å². The lowest BCUT2D eigenvalue weighted by Crippen LogP contribution is -2.29. The molecule has 2 N–H and O–H groups in total. The number of ether oxygens (including phenoxy) is 1. The van der Waals surface area contributed by atoms with Gasteiger partial charge in [0.1, 0.15) is 0 Å².